The molecule has 18 heavy (non-hydrogen) atoms. The Morgan fingerprint density at radius 2 is 1.94 bits per heavy atom. The summed E-state index contributed by atoms with van der Waals surface area (Å²) >= 11 is 0. The highest BCUT2D eigenvalue weighted by Crippen LogP contribution is 2.11. The molecule has 0 saturated carbocycles. The van der Waals surface area contributed by atoms with E-state index in [9.17, 15) is 9.18 Å². The van der Waals surface area contributed by atoms with Crippen molar-refractivity contribution in [3.8, 4) is 0 Å². The number of carbonyl (C=O) groups is 1. The number of amides is 1. The summed E-state index contributed by atoms with van der Waals surface area (Å²) in [6.45, 7) is 4.64. The van der Waals surface area contributed by atoms with Crippen molar-refractivity contribution in [2.24, 2.45) is 5.73 Å². The largest absolute Gasteiger partial charge is 0.329 e. The Hall–Kier alpha value is -1.46. The van der Waals surface area contributed by atoms with Crippen molar-refractivity contribution in [3.63, 3.8) is 0 Å². The third-order valence-corrected chi connectivity index (χ3v) is 3.04. The second-order valence-corrected chi connectivity index (χ2v) is 4.93. The van der Waals surface area contributed by atoms with Crippen LogP contribution < -0.4 is 11.1 Å². The lowest BCUT2D eigenvalue weighted by molar-refractivity contribution is -0.118. The van der Waals surface area contributed by atoms with E-state index in [0.29, 0.717) is 12.2 Å². The number of carbonyl (C=O) groups excluding carboxylic acids is 1. The van der Waals surface area contributed by atoms with Crippen LogP contribution in [0.5, 0.6) is 0 Å². The molecule has 0 aliphatic rings. The fourth-order valence-electron chi connectivity index (χ4n) is 1.32. The van der Waals surface area contributed by atoms with E-state index in [1.54, 1.807) is 0 Å². The summed E-state index contributed by atoms with van der Waals surface area (Å²) in [6.07, 6.45) is 0. The van der Waals surface area contributed by atoms with Crippen LogP contribution in [0.2, 0.25) is 0 Å². The summed E-state index contributed by atoms with van der Waals surface area (Å²) in [5.41, 5.74) is 5.98. The zero-order chi connectivity index (χ0) is 13.8. The van der Waals surface area contributed by atoms with Crippen LogP contribution in [0, 0.1) is 5.82 Å². The Labute approximate surface area is 107 Å². The maximum atomic E-state index is 12.7. The molecule has 1 aromatic carbocycles. The zero-order valence-corrected chi connectivity index (χ0v) is 11.0. The third-order valence-electron chi connectivity index (χ3n) is 3.04. The number of halogens is 1. The molecule has 1 amide bonds. The SMILES string of the molecule is CN(CC(=O)Nc1ccc(F)cc1)C(C)(C)CN. The van der Waals surface area contributed by atoms with E-state index in [0.717, 1.165) is 0 Å². The van der Waals surface area contributed by atoms with Gasteiger partial charge in [-0.15, -0.1) is 0 Å². The lowest BCUT2D eigenvalue weighted by atomic mass is 10.0. The highest BCUT2D eigenvalue weighted by Gasteiger charge is 2.23. The number of benzene rings is 1. The summed E-state index contributed by atoms with van der Waals surface area (Å²) in [5, 5.41) is 2.71. The maximum Gasteiger partial charge on any atom is 0.238 e. The molecule has 0 aliphatic carbocycles. The Morgan fingerprint density at radius 1 is 1.39 bits per heavy atom. The molecule has 0 saturated heterocycles. The van der Waals surface area contributed by atoms with E-state index in [-0.39, 0.29) is 23.8 Å². The highest BCUT2D eigenvalue weighted by atomic mass is 19.1. The molecule has 0 heterocycles. The predicted octanol–water partition coefficient (Wildman–Crippen LogP) is 1.43. The molecule has 0 fully saturated rings. The van der Waals surface area contributed by atoms with E-state index in [4.69, 9.17) is 5.73 Å². The minimum atomic E-state index is -0.325. The van der Waals surface area contributed by atoms with Crippen LogP contribution in [-0.4, -0.2) is 36.5 Å². The zero-order valence-electron chi connectivity index (χ0n) is 11.0. The number of rotatable bonds is 5. The van der Waals surface area contributed by atoms with Crippen molar-refractivity contribution in [2.45, 2.75) is 19.4 Å². The average molecular weight is 253 g/mol. The minimum absolute atomic E-state index is 0.148. The molecule has 5 heteroatoms. The first-order valence-electron chi connectivity index (χ1n) is 5.82. The lowest BCUT2D eigenvalue weighted by Crippen LogP contribution is -2.49. The van der Waals surface area contributed by atoms with Gasteiger partial charge < -0.3 is 11.1 Å². The van der Waals surface area contributed by atoms with E-state index < -0.39 is 0 Å². The van der Waals surface area contributed by atoms with E-state index in [2.05, 4.69) is 5.32 Å². The molecule has 0 spiro atoms. The van der Waals surface area contributed by atoms with Crippen LogP contribution in [-0.2, 0) is 4.79 Å². The lowest BCUT2D eigenvalue weighted by Gasteiger charge is -2.33. The number of nitrogens with one attached hydrogen (secondary N) is 1. The fourth-order valence-corrected chi connectivity index (χ4v) is 1.32. The quantitative estimate of drug-likeness (QED) is 0.834. The Kier molecular flexibility index (Phi) is 4.81. The van der Waals surface area contributed by atoms with Gasteiger partial charge in [-0.05, 0) is 45.2 Å². The predicted molar refractivity (Wildman–Crippen MR) is 70.8 cm³/mol. The van der Waals surface area contributed by atoms with Gasteiger partial charge in [-0.25, -0.2) is 4.39 Å². The van der Waals surface area contributed by atoms with Gasteiger partial charge in [0.05, 0.1) is 6.54 Å². The minimum Gasteiger partial charge on any atom is -0.329 e. The molecule has 0 radical (unpaired) electrons. The Morgan fingerprint density at radius 3 is 2.44 bits per heavy atom. The first kappa shape index (κ1) is 14.6. The topological polar surface area (TPSA) is 58.4 Å². The molecule has 0 aromatic heterocycles. The Balaban J connectivity index is 2.54. The number of hydrogen-bond acceptors (Lipinski definition) is 3. The monoisotopic (exact) mass is 253 g/mol. The molecule has 1 rings (SSSR count). The number of anilines is 1. The van der Waals surface area contributed by atoms with Crippen molar-refractivity contribution in [1.29, 1.82) is 0 Å². The van der Waals surface area contributed by atoms with Gasteiger partial charge in [-0.1, -0.05) is 0 Å². The van der Waals surface area contributed by atoms with Crippen molar-refractivity contribution in [1.82, 2.24) is 4.90 Å². The standard InChI is InChI=1S/C13H20FN3O/c1-13(2,9-15)17(3)8-12(18)16-11-6-4-10(14)5-7-11/h4-7H,8-9,15H2,1-3H3,(H,16,18). The summed E-state index contributed by atoms with van der Waals surface area (Å²) in [6, 6.07) is 5.68. The normalized spacial score (nSPS) is 11.7. The molecule has 3 N–H and O–H groups in total. The van der Waals surface area contributed by atoms with Crippen LogP contribution in [0.3, 0.4) is 0 Å². The molecule has 0 bridgehead atoms. The summed E-state index contributed by atoms with van der Waals surface area (Å²) in [7, 11) is 1.84. The second-order valence-electron chi connectivity index (χ2n) is 4.93. The summed E-state index contributed by atoms with van der Waals surface area (Å²) < 4.78 is 12.7. The van der Waals surface area contributed by atoms with Gasteiger partial charge in [-0.2, -0.15) is 0 Å². The third kappa shape index (κ3) is 4.09. The highest BCUT2D eigenvalue weighted by molar-refractivity contribution is 5.92. The number of nitrogens with zero attached hydrogens (tertiary/aromatic N) is 1. The van der Waals surface area contributed by atoms with Gasteiger partial charge in [-0.3, -0.25) is 9.69 Å². The summed E-state index contributed by atoms with van der Waals surface area (Å²) in [4.78, 5) is 13.7. The van der Waals surface area contributed by atoms with Crippen LogP contribution in [0.25, 0.3) is 0 Å². The van der Waals surface area contributed by atoms with Crippen LogP contribution in [0.4, 0.5) is 10.1 Å². The number of nitrogens with two attached hydrogens (primary N) is 1. The molecule has 0 aliphatic heterocycles. The summed E-state index contributed by atoms with van der Waals surface area (Å²) in [5.74, 6) is -0.472. The second kappa shape index (κ2) is 5.93. The molecule has 0 unspecified atom stereocenters. The molecule has 100 valence electrons. The molecule has 4 nitrogen and oxygen atoms in total. The number of likely N-dealkylation sites (N-methyl/N-ethyl adjacent to an activating group) is 1. The molecular formula is C13H20FN3O. The van der Waals surface area contributed by atoms with Crippen molar-refractivity contribution < 1.29 is 9.18 Å². The van der Waals surface area contributed by atoms with E-state index in [1.165, 1.54) is 24.3 Å². The van der Waals surface area contributed by atoms with Gasteiger partial charge in [0.25, 0.3) is 0 Å². The average Bonchev–Trinajstić information content (AvgIpc) is 2.32. The van der Waals surface area contributed by atoms with E-state index >= 15 is 0 Å². The van der Waals surface area contributed by atoms with Gasteiger partial charge in [0, 0.05) is 17.8 Å². The molecular weight excluding hydrogens is 233 g/mol. The van der Waals surface area contributed by atoms with Gasteiger partial charge in [0.15, 0.2) is 0 Å². The van der Waals surface area contributed by atoms with E-state index in [1.807, 2.05) is 25.8 Å². The van der Waals surface area contributed by atoms with Crippen molar-refractivity contribution in [2.75, 3.05) is 25.5 Å². The molecule has 1 aromatic rings. The first-order valence-corrected chi connectivity index (χ1v) is 5.82. The van der Waals surface area contributed by atoms with Crippen LogP contribution in [0.15, 0.2) is 24.3 Å². The fraction of sp³-hybridized carbons (Fsp3) is 0.462. The van der Waals surface area contributed by atoms with Gasteiger partial charge in [0.2, 0.25) is 5.91 Å². The smallest absolute Gasteiger partial charge is 0.238 e. The Bertz CT molecular complexity index is 403. The van der Waals surface area contributed by atoms with Crippen molar-refractivity contribution >= 4 is 11.6 Å². The number of hydrogen-bond donors (Lipinski definition) is 2. The van der Waals surface area contributed by atoms with Crippen LogP contribution in [0.1, 0.15) is 13.8 Å². The van der Waals surface area contributed by atoms with Crippen molar-refractivity contribution in [3.05, 3.63) is 30.1 Å². The van der Waals surface area contributed by atoms with Crippen LogP contribution >= 0.6 is 0 Å². The molecule has 0 atom stereocenters. The van der Waals surface area contributed by atoms with Gasteiger partial charge >= 0.3 is 0 Å². The maximum absolute atomic E-state index is 12.7. The first-order chi connectivity index (χ1) is 8.35. The van der Waals surface area contributed by atoms with Gasteiger partial charge in [0.1, 0.15) is 5.82 Å².